The van der Waals surface area contributed by atoms with E-state index in [1.54, 1.807) is 6.33 Å². The second-order valence-electron chi connectivity index (χ2n) is 4.08. The number of nitrogens with one attached hydrogen (secondary N) is 1. The highest BCUT2D eigenvalue weighted by Gasteiger charge is 2.11. The highest BCUT2D eigenvalue weighted by Crippen LogP contribution is 2.22. The van der Waals surface area contributed by atoms with Gasteiger partial charge in [-0.25, -0.2) is 14.6 Å². The zero-order chi connectivity index (χ0) is 13.1. The lowest BCUT2D eigenvalue weighted by Crippen LogP contribution is -2.06. The van der Waals surface area contributed by atoms with E-state index in [4.69, 9.17) is 0 Å². The van der Waals surface area contributed by atoms with Crippen LogP contribution in [0.15, 0.2) is 16.9 Å². The molecule has 1 N–H and O–H groups in total. The molecular weight excluding hydrogens is 294 g/mol. The molecule has 0 bridgehead atoms. The lowest BCUT2D eigenvalue weighted by atomic mass is 10.4. The van der Waals surface area contributed by atoms with Crippen LogP contribution in [0.2, 0.25) is 0 Å². The third kappa shape index (κ3) is 2.53. The summed E-state index contributed by atoms with van der Waals surface area (Å²) >= 11 is 3.52. The molecule has 2 aromatic heterocycles. The van der Waals surface area contributed by atoms with Gasteiger partial charge < -0.3 is 5.32 Å². The quantitative estimate of drug-likeness (QED) is 0.943. The van der Waals surface area contributed by atoms with E-state index in [2.05, 4.69) is 43.2 Å². The second-order valence-corrected chi connectivity index (χ2v) is 4.88. The van der Waals surface area contributed by atoms with Gasteiger partial charge in [-0.3, -0.25) is 0 Å². The minimum Gasteiger partial charge on any atom is -0.370 e. The van der Waals surface area contributed by atoms with Crippen LogP contribution >= 0.6 is 15.9 Å². The summed E-state index contributed by atoms with van der Waals surface area (Å²) in [7, 11) is 0. The van der Waals surface area contributed by atoms with Crippen molar-refractivity contribution < 1.29 is 0 Å². The maximum Gasteiger partial charge on any atom is 0.159 e. The van der Waals surface area contributed by atoms with Crippen molar-refractivity contribution in [3.05, 3.63) is 28.3 Å². The van der Waals surface area contributed by atoms with E-state index < -0.39 is 0 Å². The van der Waals surface area contributed by atoms with Gasteiger partial charge in [-0.15, -0.1) is 0 Å². The maximum absolute atomic E-state index is 4.45. The summed E-state index contributed by atoms with van der Waals surface area (Å²) in [4.78, 5) is 8.45. The first-order valence-electron chi connectivity index (χ1n) is 5.91. The zero-order valence-electron chi connectivity index (χ0n) is 10.7. The fraction of sp³-hybridized carbons (Fsp3) is 0.417. The molecule has 0 amide bonds. The molecule has 2 aromatic rings. The van der Waals surface area contributed by atoms with Gasteiger partial charge in [0.05, 0.1) is 15.9 Å². The number of aryl methyl sites for hydroxylation is 1. The average molecular weight is 310 g/mol. The van der Waals surface area contributed by atoms with Gasteiger partial charge in [-0.2, -0.15) is 5.10 Å². The Morgan fingerprint density at radius 2 is 2.11 bits per heavy atom. The van der Waals surface area contributed by atoms with Crippen molar-refractivity contribution in [3.63, 3.8) is 0 Å². The molecule has 0 fully saturated rings. The van der Waals surface area contributed by atoms with E-state index in [0.29, 0.717) is 0 Å². The molecule has 0 saturated carbocycles. The van der Waals surface area contributed by atoms with Crippen LogP contribution < -0.4 is 5.32 Å². The van der Waals surface area contributed by atoms with Crippen LogP contribution in [0, 0.1) is 13.8 Å². The third-order valence-electron chi connectivity index (χ3n) is 2.63. The molecule has 0 unspecified atom stereocenters. The highest BCUT2D eigenvalue weighted by molar-refractivity contribution is 9.10. The number of halogens is 1. The predicted molar refractivity (Wildman–Crippen MR) is 75.1 cm³/mol. The number of nitrogens with zero attached hydrogens (tertiary/aromatic N) is 4. The molecule has 0 spiro atoms. The van der Waals surface area contributed by atoms with Crippen LogP contribution in [-0.4, -0.2) is 26.3 Å². The Bertz CT molecular complexity index is 549. The topological polar surface area (TPSA) is 55.6 Å². The predicted octanol–water partition coefficient (Wildman–Crippen LogP) is 2.86. The lowest BCUT2D eigenvalue weighted by Gasteiger charge is -2.06. The van der Waals surface area contributed by atoms with Crippen molar-refractivity contribution in [1.29, 1.82) is 0 Å². The van der Waals surface area contributed by atoms with Crippen molar-refractivity contribution in [2.75, 3.05) is 11.9 Å². The van der Waals surface area contributed by atoms with Gasteiger partial charge in [0.2, 0.25) is 0 Å². The van der Waals surface area contributed by atoms with Crippen molar-refractivity contribution >= 4 is 21.7 Å². The van der Waals surface area contributed by atoms with Crippen LogP contribution in [0.1, 0.15) is 24.7 Å². The van der Waals surface area contributed by atoms with Crippen molar-refractivity contribution in [2.45, 2.75) is 27.2 Å². The Morgan fingerprint density at radius 3 is 2.72 bits per heavy atom. The molecule has 5 nitrogen and oxygen atoms in total. The molecule has 0 aliphatic heterocycles. The van der Waals surface area contributed by atoms with Gasteiger partial charge >= 0.3 is 0 Å². The molecule has 0 radical (unpaired) electrons. The van der Waals surface area contributed by atoms with E-state index in [1.165, 1.54) is 0 Å². The van der Waals surface area contributed by atoms with Gasteiger partial charge in [0.15, 0.2) is 5.82 Å². The SMILES string of the molecule is CCCNc1cc(-n2nc(C)c(Br)c2C)ncn1. The Balaban J connectivity index is 2.35. The van der Waals surface area contributed by atoms with Crippen molar-refractivity contribution in [1.82, 2.24) is 19.7 Å². The maximum atomic E-state index is 4.45. The van der Waals surface area contributed by atoms with E-state index in [0.717, 1.165) is 40.5 Å². The fourth-order valence-corrected chi connectivity index (χ4v) is 1.91. The summed E-state index contributed by atoms with van der Waals surface area (Å²) in [6.45, 7) is 6.99. The van der Waals surface area contributed by atoms with Crippen LogP contribution in [0.4, 0.5) is 5.82 Å². The summed E-state index contributed by atoms with van der Waals surface area (Å²) in [6, 6.07) is 1.90. The van der Waals surface area contributed by atoms with E-state index in [1.807, 2.05) is 24.6 Å². The molecule has 2 rings (SSSR count). The molecule has 0 aliphatic rings. The van der Waals surface area contributed by atoms with E-state index in [-0.39, 0.29) is 0 Å². The molecule has 96 valence electrons. The average Bonchev–Trinajstić information content (AvgIpc) is 2.64. The third-order valence-corrected chi connectivity index (χ3v) is 3.78. The number of rotatable bonds is 4. The van der Waals surface area contributed by atoms with Gasteiger partial charge in [0.25, 0.3) is 0 Å². The number of hydrogen-bond acceptors (Lipinski definition) is 4. The molecule has 6 heteroatoms. The minimum absolute atomic E-state index is 0.773. The van der Waals surface area contributed by atoms with Crippen LogP contribution in [-0.2, 0) is 0 Å². The lowest BCUT2D eigenvalue weighted by molar-refractivity contribution is 0.800. The second kappa shape index (κ2) is 5.48. The number of hydrogen-bond donors (Lipinski definition) is 1. The summed E-state index contributed by atoms with van der Waals surface area (Å²) in [5.74, 6) is 1.60. The molecule has 0 aliphatic carbocycles. The van der Waals surface area contributed by atoms with E-state index >= 15 is 0 Å². The summed E-state index contributed by atoms with van der Waals surface area (Å²) in [6.07, 6.45) is 2.61. The summed E-state index contributed by atoms with van der Waals surface area (Å²) in [5.41, 5.74) is 1.99. The molecule has 2 heterocycles. The summed E-state index contributed by atoms with van der Waals surface area (Å²) < 4.78 is 2.84. The standard InChI is InChI=1S/C12H16BrN5/c1-4-5-14-10-6-11(16-7-15-10)18-9(3)12(13)8(2)17-18/h6-7H,4-5H2,1-3H3,(H,14,15,16). The minimum atomic E-state index is 0.773. The van der Waals surface area contributed by atoms with Gasteiger partial charge in [0, 0.05) is 12.6 Å². The number of aromatic nitrogens is 4. The van der Waals surface area contributed by atoms with Crippen molar-refractivity contribution in [2.24, 2.45) is 0 Å². The zero-order valence-corrected chi connectivity index (χ0v) is 12.3. The Hall–Kier alpha value is -1.43. The Labute approximate surface area is 115 Å². The molecule has 0 atom stereocenters. The molecule has 0 saturated heterocycles. The van der Waals surface area contributed by atoms with Gasteiger partial charge in [0.1, 0.15) is 12.1 Å². The number of anilines is 1. The van der Waals surface area contributed by atoms with Gasteiger partial charge in [-0.05, 0) is 36.2 Å². The molecule has 18 heavy (non-hydrogen) atoms. The van der Waals surface area contributed by atoms with E-state index in [9.17, 15) is 0 Å². The van der Waals surface area contributed by atoms with Crippen LogP contribution in [0.5, 0.6) is 0 Å². The Kier molecular flexibility index (Phi) is 3.96. The largest absolute Gasteiger partial charge is 0.370 e. The fourth-order valence-electron chi connectivity index (χ4n) is 1.66. The monoisotopic (exact) mass is 309 g/mol. The highest BCUT2D eigenvalue weighted by atomic mass is 79.9. The summed E-state index contributed by atoms with van der Waals surface area (Å²) in [5, 5.41) is 7.69. The first-order valence-corrected chi connectivity index (χ1v) is 6.70. The van der Waals surface area contributed by atoms with Crippen LogP contribution in [0.3, 0.4) is 0 Å². The van der Waals surface area contributed by atoms with Crippen molar-refractivity contribution in [3.8, 4) is 5.82 Å². The first kappa shape index (κ1) is 13.0. The van der Waals surface area contributed by atoms with Gasteiger partial charge in [-0.1, -0.05) is 6.92 Å². The first-order chi connectivity index (χ1) is 8.63. The molecular formula is C12H16BrN5. The normalized spacial score (nSPS) is 10.7. The Morgan fingerprint density at radius 1 is 1.33 bits per heavy atom. The van der Waals surface area contributed by atoms with Crippen LogP contribution in [0.25, 0.3) is 5.82 Å². The smallest absolute Gasteiger partial charge is 0.159 e. The molecule has 0 aromatic carbocycles.